The molecule has 246 valence electrons. The summed E-state index contributed by atoms with van der Waals surface area (Å²) >= 11 is 0. The molecule has 0 spiro atoms. The molecule has 2 heterocycles. The van der Waals surface area contributed by atoms with Gasteiger partial charge in [-0.2, -0.15) is 0 Å². The van der Waals surface area contributed by atoms with Crippen molar-refractivity contribution in [3.63, 3.8) is 0 Å². The van der Waals surface area contributed by atoms with Gasteiger partial charge in [-0.05, 0) is 72.8 Å². The van der Waals surface area contributed by atoms with E-state index in [-0.39, 0.29) is 0 Å². The first-order valence-corrected chi connectivity index (χ1v) is 17.5. The van der Waals surface area contributed by atoms with Crippen LogP contribution in [0.4, 0.5) is 34.1 Å². The van der Waals surface area contributed by atoms with Crippen molar-refractivity contribution in [3.05, 3.63) is 207 Å². The molecule has 0 saturated carbocycles. The van der Waals surface area contributed by atoms with Crippen LogP contribution in [-0.2, 0) is 0 Å². The second kappa shape index (κ2) is 13.7. The number of aromatic nitrogens is 2. The van der Waals surface area contributed by atoms with Crippen molar-refractivity contribution >= 4 is 55.7 Å². The van der Waals surface area contributed by atoms with Gasteiger partial charge in [-0.15, -0.1) is 0 Å². The molecule has 0 aliphatic rings. The first-order valence-electron chi connectivity index (χ1n) is 17.5. The molecule has 9 rings (SSSR count). The summed E-state index contributed by atoms with van der Waals surface area (Å²) in [6.45, 7) is 0. The van der Waals surface area contributed by atoms with Crippen molar-refractivity contribution in [1.82, 2.24) is 9.97 Å². The topological polar surface area (TPSA) is 32.3 Å². The predicted octanol–water partition coefficient (Wildman–Crippen LogP) is 13.1. The number of fused-ring (bicyclic) bond motifs is 2. The molecular weight excluding hydrogens is 633 g/mol. The molecule has 4 nitrogen and oxygen atoms in total. The second-order valence-electron chi connectivity index (χ2n) is 12.7. The molecule has 0 bridgehead atoms. The molecule has 0 aliphatic heterocycles. The monoisotopic (exact) mass is 666 g/mol. The molecular formula is C48H34N4. The van der Waals surface area contributed by atoms with E-state index in [0.29, 0.717) is 0 Å². The third-order valence-corrected chi connectivity index (χ3v) is 9.52. The molecule has 0 unspecified atom stereocenters. The van der Waals surface area contributed by atoms with Crippen LogP contribution >= 0.6 is 0 Å². The summed E-state index contributed by atoms with van der Waals surface area (Å²) in [4.78, 5) is 14.0. The Kier molecular flexibility index (Phi) is 8.16. The minimum Gasteiger partial charge on any atom is -0.309 e. The van der Waals surface area contributed by atoms with Gasteiger partial charge in [0, 0.05) is 67.8 Å². The minimum atomic E-state index is 0.953. The van der Waals surface area contributed by atoms with Crippen LogP contribution in [0, 0.1) is 0 Å². The second-order valence-corrected chi connectivity index (χ2v) is 12.7. The lowest BCUT2D eigenvalue weighted by Crippen LogP contribution is -2.14. The van der Waals surface area contributed by atoms with Crippen molar-refractivity contribution in [2.45, 2.75) is 0 Å². The van der Waals surface area contributed by atoms with Crippen LogP contribution < -0.4 is 9.80 Å². The summed E-state index contributed by atoms with van der Waals surface area (Å²) in [6.07, 6.45) is 3.68. The molecule has 0 N–H and O–H groups in total. The Morgan fingerprint density at radius 1 is 0.269 bits per heavy atom. The van der Waals surface area contributed by atoms with Gasteiger partial charge in [0.05, 0.1) is 22.8 Å². The number of hydrogen-bond donors (Lipinski definition) is 0. The molecule has 4 heteroatoms. The lowest BCUT2D eigenvalue weighted by Gasteiger charge is -2.33. The third-order valence-electron chi connectivity index (χ3n) is 9.52. The van der Waals surface area contributed by atoms with Gasteiger partial charge >= 0.3 is 0 Å². The Hall–Kier alpha value is -7.04. The zero-order valence-electron chi connectivity index (χ0n) is 28.4. The average molecular weight is 667 g/mol. The molecule has 7 aromatic carbocycles. The Bertz CT molecular complexity index is 2350. The quantitative estimate of drug-likeness (QED) is 0.119. The van der Waals surface area contributed by atoms with Crippen molar-refractivity contribution < 1.29 is 0 Å². The lowest BCUT2D eigenvalue weighted by atomic mass is 9.95. The Morgan fingerprint density at radius 3 is 0.904 bits per heavy atom. The molecule has 0 fully saturated rings. The fourth-order valence-electron chi connectivity index (χ4n) is 7.16. The Morgan fingerprint density at radius 2 is 0.577 bits per heavy atom. The molecule has 0 atom stereocenters. The highest BCUT2D eigenvalue weighted by Crippen LogP contribution is 2.51. The first kappa shape index (κ1) is 31.0. The van der Waals surface area contributed by atoms with Gasteiger partial charge < -0.3 is 9.80 Å². The number of rotatable bonds is 8. The van der Waals surface area contributed by atoms with Crippen molar-refractivity contribution in [1.29, 1.82) is 0 Å². The van der Waals surface area contributed by atoms with Crippen LogP contribution in [0.5, 0.6) is 0 Å². The number of benzene rings is 7. The van der Waals surface area contributed by atoms with E-state index in [1.165, 1.54) is 0 Å². The summed E-state index contributed by atoms with van der Waals surface area (Å²) in [7, 11) is 0. The molecule has 52 heavy (non-hydrogen) atoms. The van der Waals surface area contributed by atoms with Gasteiger partial charge in [-0.3, -0.25) is 9.97 Å². The fraction of sp³-hybridized carbons (Fsp3) is 0. The number of para-hydroxylation sites is 2. The Balaban J connectivity index is 1.29. The number of pyridine rings is 2. The largest absolute Gasteiger partial charge is 0.309 e. The van der Waals surface area contributed by atoms with Crippen LogP contribution in [0.2, 0.25) is 0 Å². The van der Waals surface area contributed by atoms with Gasteiger partial charge in [-0.1, -0.05) is 121 Å². The van der Waals surface area contributed by atoms with E-state index < -0.39 is 0 Å². The van der Waals surface area contributed by atoms with Gasteiger partial charge in [0.2, 0.25) is 0 Å². The normalized spacial score (nSPS) is 11.1. The Labute approximate surface area is 303 Å². The van der Waals surface area contributed by atoms with Crippen LogP contribution in [0.15, 0.2) is 207 Å². The molecule has 0 amide bonds. The smallest absolute Gasteiger partial charge is 0.0701 e. The average Bonchev–Trinajstić information content (AvgIpc) is 3.23. The summed E-state index contributed by atoms with van der Waals surface area (Å²) in [5, 5.41) is 4.61. The molecule has 0 aliphatic carbocycles. The van der Waals surface area contributed by atoms with E-state index in [1.807, 2.05) is 48.8 Å². The standard InChI is InChI=1S/C48H34N4/c1-3-15-37(16-4-1)51(39-29-25-35(26-30-39)45-23-11-13-33-49-45)47-41-19-7-9-21-43(41)48(44-22-10-8-20-42(44)47)52(38-17-5-2-6-18-38)40-31-27-36(28-32-40)46-24-12-14-34-50-46/h1-34H. The minimum absolute atomic E-state index is 0.953. The highest BCUT2D eigenvalue weighted by atomic mass is 15.2. The molecule has 9 aromatic rings. The highest BCUT2D eigenvalue weighted by molar-refractivity contribution is 6.23. The van der Waals surface area contributed by atoms with Crippen LogP contribution in [-0.4, -0.2) is 9.97 Å². The van der Waals surface area contributed by atoms with E-state index in [0.717, 1.165) is 78.2 Å². The number of hydrogen-bond acceptors (Lipinski definition) is 4. The van der Waals surface area contributed by atoms with Gasteiger partial charge in [0.15, 0.2) is 0 Å². The van der Waals surface area contributed by atoms with Gasteiger partial charge in [0.25, 0.3) is 0 Å². The van der Waals surface area contributed by atoms with Crippen molar-refractivity contribution in [3.8, 4) is 22.5 Å². The molecule has 0 radical (unpaired) electrons. The van der Waals surface area contributed by atoms with Gasteiger partial charge in [0.1, 0.15) is 0 Å². The predicted molar refractivity (Wildman–Crippen MR) is 217 cm³/mol. The van der Waals surface area contributed by atoms with E-state index >= 15 is 0 Å². The molecule has 0 saturated heterocycles. The zero-order chi connectivity index (χ0) is 34.7. The van der Waals surface area contributed by atoms with E-state index in [2.05, 4.69) is 177 Å². The van der Waals surface area contributed by atoms with E-state index in [9.17, 15) is 0 Å². The highest BCUT2D eigenvalue weighted by Gasteiger charge is 2.25. The van der Waals surface area contributed by atoms with Gasteiger partial charge in [-0.25, -0.2) is 0 Å². The summed E-state index contributed by atoms with van der Waals surface area (Å²) in [6, 6.07) is 68.4. The van der Waals surface area contributed by atoms with Crippen LogP contribution in [0.3, 0.4) is 0 Å². The maximum Gasteiger partial charge on any atom is 0.0701 e. The van der Waals surface area contributed by atoms with Crippen LogP contribution in [0.25, 0.3) is 44.1 Å². The summed E-state index contributed by atoms with van der Waals surface area (Å²) < 4.78 is 0. The maximum atomic E-state index is 4.60. The summed E-state index contributed by atoms with van der Waals surface area (Å²) in [5.74, 6) is 0. The SMILES string of the molecule is c1ccc(N(c2ccc(-c3ccccn3)cc2)c2c3ccccc3c(N(c3ccccc3)c3ccc(-c4ccccn4)cc3)c3ccccc23)cc1. The lowest BCUT2D eigenvalue weighted by molar-refractivity contribution is 1.29. The fourth-order valence-corrected chi connectivity index (χ4v) is 7.16. The summed E-state index contributed by atoms with van der Waals surface area (Å²) in [5.41, 5.74) is 10.6. The van der Waals surface area contributed by atoms with E-state index in [4.69, 9.17) is 0 Å². The van der Waals surface area contributed by atoms with E-state index in [1.54, 1.807) is 0 Å². The first-order chi connectivity index (χ1) is 25.8. The molecule has 2 aromatic heterocycles. The van der Waals surface area contributed by atoms with Crippen molar-refractivity contribution in [2.75, 3.05) is 9.80 Å². The number of anilines is 6. The number of nitrogens with zero attached hydrogens (tertiary/aromatic N) is 4. The zero-order valence-corrected chi connectivity index (χ0v) is 28.4. The third kappa shape index (κ3) is 5.72. The van der Waals surface area contributed by atoms with Crippen molar-refractivity contribution in [2.24, 2.45) is 0 Å². The van der Waals surface area contributed by atoms with Crippen LogP contribution in [0.1, 0.15) is 0 Å². The maximum absolute atomic E-state index is 4.60.